The molecule has 0 heterocycles. The molecule has 0 aliphatic heterocycles. The first-order chi connectivity index (χ1) is 36.0. The van der Waals surface area contributed by atoms with Crippen molar-refractivity contribution in [1.82, 2.24) is 0 Å². The molecule has 74 heavy (non-hydrogen) atoms. The normalized spacial score (nSPS) is 13.8. The molecule has 0 spiro atoms. The number of carbonyl (C=O) groups excluding carboxylic acids is 2. The molecular weight excluding hydrogens is 942 g/mol. The minimum atomic E-state index is -4.39. The number of unbranched alkanes of at least 4 members (excludes halogenated alkanes) is 30. The van der Waals surface area contributed by atoms with Gasteiger partial charge in [-0.05, 0) is 83.5 Å². The van der Waals surface area contributed by atoms with Gasteiger partial charge in [-0.1, -0.05) is 247 Å². The lowest BCUT2D eigenvalue weighted by molar-refractivity contribution is -0.870. The van der Waals surface area contributed by atoms with Gasteiger partial charge in [-0.2, -0.15) is 0 Å². The highest BCUT2D eigenvalue weighted by Gasteiger charge is 2.27. The lowest BCUT2D eigenvalue weighted by Crippen LogP contribution is -2.37. The molecule has 0 aromatic carbocycles. The molecule has 0 radical (unpaired) electrons. The Balaban J connectivity index is 4.13. The van der Waals surface area contributed by atoms with Crippen molar-refractivity contribution in [2.75, 3.05) is 47.5 Å². The zero-order chi connectivity index (χ0) is 54.2. The molecule has 0 bridgehead atoms. The Labute approximate surface area is 457 Å². The summed E-state index contributed by atoms with van der Waals surface area (Å²) in [5.74, 6) is -0.794. The number of phosphoric ester groups is 1. The third kappa shape index (κ3) is 58.7. The summed E-state index contributed by atoms with van der Waals surface area (Å²) in [7, 11) is 1.48. The molecule has 9 nitrogen and oxygen atoms in total. The standard InChI is InChI=1S/C64H116NO8P/c1-6-8-10-12-14-16-18-20-22-24-26-28-30-31-32-33-35-37-39-41-43-45-47-49-51-53-55-57-64(67)73-62(61-72-74(68,69)71-59-58-65(3,4)5)60-70-63(66)56-54-52-50-48-46-44-42-40-38-36-34-29-27-25-23-21-19-17-15-13-11-9-7-2/h8,10,14,16,19-22,25-28,62H,6-7,9,11-13,15,17-18,23-24,29-61H2,1-5H3/p+1/b10-8-,16-14-,21-19-,22-20-,27-25-,28-26-. The second-order valence-electron chi connectivity index (χ2n) is 21.7. The number of quaternary nitrogens is 1. The van der Waals surface area contributed by atoms with E-state index in [1.807, 2.05) is 21.1 Å². The fourth-order valence-corrected chi connectivity index (χ4v) is 9.25. The Hall–Kier alpha value is -2.55. The van der Waals surface area contributed by atoms with E-state index in [9.17, 15) is 19.0 Å². The molecule has 0 saturated carbocycles. The lowest BCUT2D eigenvalue weighted by Gasteiger charge is -2.24. The monoisotopic (exact) mass is 1060 g/mol. The average Bonchev–Trinajstić information content (AvgIpc) is 3.36. The van der Waals surface area contributed by atoms with E-state index in [0.717, 1.165) is 70.6 Å². The molecular formula is C64H117NO8P+. The van der Waals surface area contributed by atoms with E-state index in [4.69, 9.17) is 18.5 Å². The number of hydrogen-bond acceptors (Lipinski definition) is 7. The minimum absolute atomic E-state index is 0.0298. The number of carbonyl (C=O) groups is 2. The van der Waals surface area contributed by atoms with Crippen molar-refractivity contribution in [2.45, 2.75) is 277 Å². The number of phosphoric acid groups is 1. The molecule has 430 valence electrons. The Morgan fingerprint density at radius 1 is 0.432 bits per heavy atom. The molecule has 10 heteroatoms. The minimum Gasteiger partial charge on any atom is -0.462 e. The van der Waals surface area contributed by atoms with E-state index < -0.39 is 26.5 Å². The number of nitrogens with zero attached hydrogens (tertiary/aromatic N) is 1. The molecule has 0 aliphatic rings. The van der Waals surface area contributed by atoms with Gasteiger partial charge in [0.05, 0.1) is 27.7 Å². The molecule has 2 unspecified atom stereocenters. The first-order valence-electron chi connectivity index (χ1n) is 30.7. The van der Waals surface area contributed by atoms with E-state index in [1.165, 1.54) is 167 Å². The van der Waals surface area contributed by atoms with Crippen LogP contribution in [0.1, 0.15) is 271 Å². The van der Waals surface area contributed by atoms with Gasteiger partial charge >= 0.3 is 19.8 Å². The summed E-state index contributed by atoms with van der Waals surface area (Å²) < 4.78 is 34.6. The van der Waals surface area contributed by atoms with E-state index in [1.54, 1.807) is 0 Å². The third-order valence-corrected chi connectivity index (χ3v) is 14.2. The van der Waals surface area contributed by atoms with Crippen molar-refractivity contribution < 1.29 is 42.1 Å². The van der Waals surface area contributed by atoms with Crippen LogP contribution in [0.15, 0.2) is 72.9 Å². The van der Waals surface area contributed by atoms with Gasteiger partial charge in [0.15, 0.2) is 6.10 Å². The molecule has 0 fully saturated rings. The maximum absolute atomic E-state index is 12.8. The van der Waals surface area contributed by atoms with E-state index in [-0.39, 0.29) is 32.0 Å². The largest absolute Gasteiger partial charge is 0.472 e. The van der Waals surface area contributed by atoms with Crippen LogP contribution < -0.4 is 0 Å². The quantitative estimate of drug-likeness (QED) is 0.0211. The highest BCUT2D eigenvalue weighted by atomic mass is 31.2. The van der Waals surface area contributed by atoms with Crippen molar-refractivity contribution in [2.24, 2.45) is 0 Å². The molecule has 0 aliphatic carbocycles. The van der Waals surface area contributed by atoms with E-state index in [0.29, 0.717) is 17.4 Å². The number of likely N-dealkylation sites (N-methyl/N-ethyl adjacent to an activating group) is 1. The van der Waals surface area contributed by atoms with Gasteiger partial charge in [0, 0.05) is 12.8 Å². The molecule has 0 aromatic rings. The van der Waals surface area contributed by atoms with Crippen molar-refractivity contribution in [3.05, 3.63) is 72.9 Å². The van der Waals surface area contributed by atoms with Gasteiger partial charge < -0.3 is 18.9 Å². The Kier molecular flexibility index (Phi) is 53.3. The predicted octanol–water partition coefficient (Wildman–Crippen LogP) is 19.3. The summed E-state index contributed by atoms with van der Waals surface area (Å²) in [5.41, 5.74) is 0. The maximum atomic E-state index is 12.8. The predicted molar refractivity (Wildman–Crippen MR) is 316 cm³/mol. The molecule has 2 atom stereocenters. The first-order valence-corrected chi connectivity index (χ1v) is 32.2. The van der Waals surface area contributed by atoms with Gasteiger partial charge in [-0.15, -0.1) is 0 Å². The summed E-state index contributed by atoms with van der Waals surface area (Å²) in [5, 5.41) is 0. The van der Waals surface area contributed by atoms with Crippen molar-refractivity contribution >= 4 is 19.8 Å². The van der Waals surface area contributed by atoms with Gasteiger partial charge in [0.25, 0.3) is 0 Å². The van der Waals surface area contributed by atoms with Crippen LogP contribution in [0.3, 0.4) is 0 Å². The summed E-state index contributed by atoms with van der Waals surface area (Å²) >= 11 is 0. The summed E-state index contributed by atoms with van der Waals surface area (Å²) in [6.45, 7) is 4.33. The van der Waals surface area contributed by atoms with Crippen LogP contribution in [0.4, 0.5) is 0 Å². The fourth-order valence-electron chi connectivity index (χ4n) is 8.51. The number of hydrogen-bond donors (Lipinski definition) is 1. The smallest absolute Gasteiger partial charge is 0.462 e. The number of allylic oxidation sites excluding steroid dienone is 12. The topological polar surface area (TPSA) is 108 Å². The lowest BCUT2D eigenvalue weighted by atomic mass is 10.0. The molecule has 1 N–H and O–H groups in total. The first kappa shape index (κ1) is 71.5. The number of esters is 2. The van der Waals surface area contributed by atoms with Crippen LogP contribution in [0.2, 0.25) is 0 Å². The Bertz CT molecular complexity index is 1480. The number of ether oxygens (including phenoxy) is 2. The summed E-state index contributed by atoms with van der Waals surface area (Å²) in [6, 6.07) is 0. The molecule has 0 rings (SSSR count). The van der Waals surface area contributed by atoms with Gasteiger partial charge in [-0.3, -0.25) is 18.6 Å². The maximum Gasteiger partial charge on any atom is 0.472 e. The van der Waals surface area contributed by atoms with Crippen LogP contribution in [0.5, 0.6) is 0 Å². The van der Waals surface area contributed by atoms with Crippen molar-refractivity contribution in [3.8, 4) is 0 Å². The van der Waals surface area contributed by atoms with E-state index >= 15 is 0 Å². The van der Waals surface area contributed by atoms with Crippen LogP contribution >= 0.6 is 7.82 Å². The molecule has 0 saturated heterocycles. The second kappa shape index (κ2) is 55.2. The van der Waals surface area contributed by atoms with Crippen LogP contribution in [-0.4, -0.2) is 74.9 Å². The van der Waals surface area contributed by atoms with Crippen molar-refractivity contribution in [3.63, 3.8) is 0 Å². The SMILES string of the molecule is CC/C=C\C/C=C\C/C=C\C/C=C\CCCCCCCCCCCCCCCCC(=O)OC(COC(=O)CCCCCCCCCCCCC/C=C\C/C=C\CCCCCCC)COP(=O)(O)OCC[N+](C)(C)C. The summed E-state index contributed by atoms with van der Waals surface area (Å²) in [6.07, 6.45) is 72.6. The summed E-state index contributed by atoms with van der Waals surface area (Å²) in [4.78, 5) is 35.8. The van der Waals surface area contributed by atoms with Gasteiger partial charge in [-0.25, -0.2) is 4.57 Å². The Morgan fingerprint density at radius 3 is 1.15 bits per heavy atom. The Morgan fingerprint density at radius 2 is 0.770 bits per heavy atom. The van der Waals surface area contributed by atoms with Gasteiger partial charge in [0.2, 0.25) is 0 Å². The van der Waals surface area contributed by atoms with Crippen molar-refractivity contribution in [1.29, 1.82) is 0 Å². The van der Waals surface area contributed by atoms with E-state index in [2.05, 4.69) is 86.8 Å². The fraction of sp³-hybridized carbons (Fsp3) is 0.781. The highest BCUT2D eigenvalue weighted by Crippen LogP contribution is 2.43. The second-order valence-corrected chi connectivity index (χ2v) is 23.2. The molecule has 0 aromatic heterocycles. The van der Waals surface area contributed by atoms with Crippen LogP contribution in [0.25, 0.3) is 0 Å². The zero-order valence-electron chi connectivity index (χ0n) is 48.8. The zero-order valence-corrected chi connectivity index (χ0v) is 49.7. The highest BCUT2D eigenvalue weighted by molar-refractivity contribution is 7.47. The van der Waals surface area contributed by atoms with Crippen LogP contribution in [0, 0.1) is 0 Å². The van der Waals surface area contributed by atoms with Crippen LogP contribution in [-0.2, 0) is 32.7 Å². The van der Waals surface area contributed by atoms with Gasteiger partial charge in [0.1, 0.15) is 19.8 Å². The molecule has 0 amide bonds. The number of rotatable bonds is 56. The third-order valence-electron chi connectivity index (χ3n) is 13.2. The average molecular weight is 1060 g/mol.